The minimum atomic E-state index is -0.185. The average molecular weight is 389 g/mol. The van der Waals surface area contributed by atoms with Crippen molar-refractivity contribution in [2.75, 3.05) is 11.9 Å². The molecule has 0 aliphatic heterocycles. The molecule has 0 spiro atoms. The molecule has 0 aliphatic carbocycles. The summed E-state index contributed by atoms with van der Waals surface area (Å²) in [5, 5.41) is 2.86. The topological polar surface area (TPSA) is 47.6 Å². The summed E-state index contributed by atoms with van der Waals surface area (Å²) in [6.45, 7) is 2.66. The van der Waals surface area contributed by atoms with Gasteiger partial charge >= 0.3 is 0 Å². The Balaban J connectivity index is 1.41. The lowest BCUT2D eigenvalue weighted by atomic mass is 10.1. The predicted molar refractivity (Wildman–Crippen MR) is 116 cm³/mol. The zero-order valence-electron chi connectivity index (χ0n) is 16.8. The highest BCUT2D eigenvalue weighted by Crippen LogP contribution is 2.19. The Morgan fingerprint density at radius 3 is 2.10 bits per heavy atom. The largest absolute Gasteiger partial charge is 0.489 e. The Morgan fingerprint density at radius 1 is 0.793 bits per heavy atom. The van der Waals surface area contributed by atoms with E-state index in [1.165, 1.54) is 18.4 Å². The maximum atomic E-state index is 12.1. The monoisotopic (exact) mass is 389 g/mol. The summed E-state index contributed by atoms with van der Waals surface area (Å²) < 4.78 is 11.3. The highest BCUT2D eigenvalue weighted by Gasteiger charge is 2.05. The molecule has 3 aromatic rings. The van der Waals surface area contributed by atoms with Crippen molar-refractivity contribution >= 4 is 11.6 Å². The van der Waals surface area contributed by atoms with Crippen LogP contribution in [0.25, 0.3) is 0 Å². The van der Waals surface area contributed by atoms with Gasteiger partial charge in [0, 0.05) is 5.69 Å². The number of carbonyl (C=O) groups is 1. The van der Waals surface area contributed by atoms with E-state index in [0.717, 1.165) is 23.4 Å². The number of carbonyl (C=O) groups excluding carboxylic acids is 1. The van der Waals surface area contributed by atoms with Crippen molar-refractivity contribution in [3.63, 3.8) is 0 Å². The van der Waals surface area contributed by atoms with Crippen molar-refractivity contribution < 1.29 is 14.3 Å². The van der Waals surface area contributed by atoms with E-state index in [0.29, 0.717) is 12.4 Å². The Kier molecular flexibility index (Phi) is 7.70. The first kappa shape index (κ1) is 20.5. The molecule has 0 fully saturated rings. The third-order valence-corrected chi connectivity index (χ3v) is 4.50. The number of unbranched alkanes of at least 4 members (excludes halogenated alkanes) is 1. The highest BCUT2D eigenvalue weighted by molar-refractivity contribution is 5.91. The first-order valence-electron chi connectivity index (χ1n) is 10.0. The molecule has 0 atom stereocenters. The van der Waals surface area contributed by atoms with E-state index in [4.69, 9.17) is 9.47 Å². The van der Waals surface area contributed by atoms with Crippen LogP contribution in [0.1, 0.15) is 30.9 Å². The first-order chi connectivity index (χ1) is 14.2. The molecular weight excluding hydrogens is 362 g/mol. The molecule has 0 unspecified atom stereocenters. The number of benzene rings is 3. The van der Waals surface area contributed by atoms with Gasteiger partial charge in [0.15, 0.2) is 6.61 Å². The summed E-state index contributed by atoms with van der Waals surface area (Å²) in [5.74, 6) is 1.20. The number of rotatable bonds is 10. The molecule has 0 radical (unpaired) electrons. The standard InChI is InChI=1S/C25H27NO3/c1-2-3-7-20-10-12-22(13-11-20)26-25(27)19-29-24-16-14-23(15-17-24)28-18-21-8-5-4-6-9-21/h4-6,8-17H,2-3,7,18-19H2,1H3,(H,26,27). The van der Waals surface area contributed by atoms with Crippen molar-refractivity contribution in [3.8, 4) is 11.5 Å². The fourth-order valence-corrected chi connectivity index (χ4v) is 2.85. The summed E-state index contributed by atoms with van der Waals surface area (Å²) in [6, 6.07) is 25.3. The molecule has 4 nitrogen and oxygen atoms in total. The summed E-state index contributed by atoms with van der Waals surface area (Å²) in [6.07, 6.45) is 3.42. The van der Waals surface area contributed by atoms with Crippen molar-refractivity contribution in [1.82, 2.24) is 0 Å². The van der Waals surface area contributed by atoms with Gasteiger partial charge in [-0.3, -0.25) is 4.79 Å². The lowest BCUT2D eigenvalue weighted by Gasteiger charge is -2.10. The molecule has 29 heavy (non-hydrogen) atoms. The van der Waals surface area contributed by atoms with Gasteiger partial charge < -0.3 is 14.8 Å². The van der Waals surface area contributed by atoms with Crippen LogP contribution in [0.3, 0.4) is 0 Å². The fraction of sp³-hybridized carbons (Fsp3) is 0.240. The van der Waals surface area contributed by atoms with E-state index in [-0.39, 0.29) is 12.5 Å². The molecule has 150 valence electrons. The first-order valence-corrected chi connectivity index (χ1v) is 10.0. The minimum absolute atomic E-state index is 0.0399. The summed E-state index contributed by atoms with van der Waals surface area (Å²) >= 11 is 0. The zero-order chi connectivity index (χ0) is 20.3. The van der Waals surface area contributed by atoms with Gasteiger partial charge in [0.25, 0.3) is 5.91 Å². The van der Waals surface area contributed by atoms with Gasteiger partial charge in [-0.2, -0.15) is 0 Å². The SMILES string of the molecule is CCCCc1ccc(NC(=O)COc2ccc(OCc3ccccc3)cc2)cc1. The van der Waals surface area contributed by atoms with Gasteiger partial charge in [-0.1, -0.05) is 55.8 Å². The van der Waals surface area contributed by atoms with Crippen LogP contribution in [0, 0.1) is 0 Å². The highest BCUT2D eigenvalue weighted by atomic mass is 16.5. The number of nitrogens with one attached hydrogen (secondary N) is 1. The second-order valence-corrected chi connectivity index (χ2v) is 6.88. The van der Waals surface area contributed by atoms with Gasteiger partial charge in [-0.05, 0) is 60.4 Å². The number of hydrogen-bond donors (Lipinski definition) is 1. The molecule has 4 heteroatoms. The second kappa shape index (κ2) is 10.9. The van der Waals surface area contributed by atoms with Crippen LogP contribution in [0.5, 0.6) is 11.5 Å². The molecule has 0 bridgehead atoms. The number of ether oxygens (including phenoxy) is 2. The molecule has 0 saturated carbocycles. The molecule has 3 aromatic carbocycles. The quantitative estimate of drug-likeness (QED) is 0.489. The Hall–Kier alpha value is -3.27. The molecular formula is C25H27NO3. The summed E-state index contributed by atoms with van der Waals surface area (Å²) in [5.41, 5.74) is 3.18. The Bertz CT molecular complexity index is 874. The Morgan fingerprint density at radius 2 is 1.45 bits per heavy atom. The predicted octanol–water partition coefficient (Wildman–Crippen LogP) is 5.63. The second-order valence-electron chi connectivity index (χ2n) is 6.88. The van der Waals surface area contributed by atoms with Gasteiger partial charge in [-0.15, -0.1) is 0 Å². The zero-order valence-corrected chi connectivity index (χ0v) is 16.8. The van der Waals surface area contributed by atoms with Crippen LogP contribution >= 0.6 is 0 Å². The van der Waals surface area contributed by atoms with Gasteiger partial charge in [0.05, 0.1) is 0 Å². The number of aryl methyl sites for hydroxylation is 1. The Labute approximate surface area is 172 Å². The molecule has 0 heterocycles. The normalized spacial score (nSPS) is 10.4. The van der Waals surface area contributed by atoms with E-state index in [1.807, 2.05) is 54.6 Å². The van der Waals surface area contributed by atoms with Crippen LogP contribution in [0.2, 0.25) is 0 Å². The van der Waals surface area contributed by atoms with E-state index in [9.17, 15) is 4.79 Å². The number of amides is 1. The molecule has 1 amide bonds. The van der Waals surface area contributed by atoms with Gasteiger partial charge in [0.2, 0.25) is 0 Å². The average Bonchev–Trinajstić information content (AvgIpc) is 2.77. The van der Waals surface area contributed by atoms with Crippen LogP contribution < -0.4 is 14.8 Å². The fourth-order valence-electron chi connectivity index (χ4n) is 2.85. The van der Waals surface area contributed by atoms with E-state index < -0.39 is 0 Å². The van der Waals surface area contributed by atoms with Crippen LogP contribution in [0.4, 0.5) is 5.69 Å². The number of hydrogen-bond acceptors (Lipinski definition) is 3. The molecule has 1 N–H and O–H groups in total. The van der Waals surface area contributed by atoms with Crippen LogP contribution in [0.15, 0.2) is 78.9 Å². The minimum Gasteiger partial charge on any atom is -0.489 e. The smallest absolute Gasteiger partial charge is 0.262 e. The third kappa shape index (κ3) is 7.00. The number of anilines is 1. The van der Waals surface area contributed by atoms with E-state index >= 15 is 0 Å². The third-order valence-electron chi connectivity index (χ3n) is 4.50. The van der Waals surface area contributed by atoms with Crippen molar-refractivity contribution in [1.29, 1.82) is 0 Å². The molecule has 0 aromatic heterocycles. The molecule has 3 rings (SSSR count). The van der Waals surface area contributed by atoms with Gasteiger partial charge in [-0.25, -0.2) is 0 Å². The summed E-state index contributed by atoms with van der Waals surface area (Å²) in [4.78, 5) is 12.1. The van der Waals surface area contributed by atoms with Crippen molar-refractivity contribution in [2.24, 2.45) is 0 Å². The van der Waals surface area contributed by atoms with Gasteiger partial charge in [0.1, 0.15) is 18.1 Å². The lowest BCUT2D eigenvalue weighted by Crippen LogP contribution is -2.20. The van der Waals surface area contributed by atoms with E-state index in [1.54, 1.807) is 12.1 Å². The maximum Gasteiger partial charge on any atom is 0.262 e. The maximum absolute atomic E-state index is 12.1. The van der Waals surface area contributed by atoms with Crippen LogP contribution in [-0.4, -0.2) is 12.5 Å². The molecule has 0 aliphatic rings. The van der Waals surface area contributed by atoms with Crippen molar-refractivity contribution in [3.05, 3.63) is 90.0 Å². The van der Waals surface area contributed by atoms with Crippen molar-refractivity contribution in [2.45, 2.75) is 32.8 Å². The molecule has 0 saturated heterocycles. The summed E-state index contributed by atoms with van der Waals surface area (Å²) in [7, 11) is 0. The van der Waals surface area contributed by atoms with Crippen LogP contribution in [-0.2, 0) is 17.8 Å². The van der Waals surface area contributed by atoms with E-state index in [2.05, 4.69) is 24.4 Å². The lowest BCUT2D eigenvalue weighted by molar-refractivity contribution is -0.118.